The molecule has 0 amide bonds. The molecule has 7 heteroatoms. The topological polar surface area (TPSA) is 85.9 Å². The van der Waals surface area contributed by atoms with Gasteiger partial charge in [0.1, 0.15) is 11.8 Å². The first kappa shape index (κ1) is 20.0. The Morgan fingerprint density at radius 1 is 1.07 bits per heavy atom. The van der Waals surface area contributed by atoms with Gasteiger partial charge in [-0.15, -0.1) is 0 Å². The van der Waals surface area contributed by atoms with E-state index in [1.807, 2.05) is 47.4 Å². The van der Waals surface area contributed by atoms with Gasteiger partial charge < -0.3 is 19.7 Å². The lowest BCUT2D eigenvalue weighted by molar-refractivity contribution is -0.143. The van der Waals surface area contributed by atoms with Crippen LogP contribution in [0.3, 0.4) is 0 Å². The number of aliphatic carboxylic acids is 1. The van der Waals surface area contributed by atoms with Gasteiger partial charge in [0.2, 0.25) is 0 Å². The number of ketones is 1. The minimum absolute atomic E-state index is 0.0472. The highest BCUT2D eigenvalue weighted by molar-refractivity contribution is 5.94. The standard InChI is InChI=1S/C23H25N3O4/c1-15(27)16-3-5-17(6-4-16)25-9-11-26(12-10-25)22(23(28)29)20-14-24-21-8-7-18(30-2)13-19(20)21/h3-8,13-14,22,24H,9-12H2,1-2H3,(H,28,29)/t22-/m1/s1. The molecule has 2 aromatic carbocycles. The maximum absolute atomic E-state index is 12.2. The number of rotatable bonds is 6. The van der Waals surface area contributed by atoms with Crippen LogP contribution in [0.25, 0.3) is 10.9 Å². The number of aromatic nitrogens is 1. The molecule has 3 aromatic rings. The summed E-state index contributed by atoms with van der Waals surface area (Å²) in [7, 11) is 1.60. The van der Waals surface area contributed by atoms with Crippen LogP contribution in [-0.2, 0) is 4.79 Å². The van der Waals surface area contributed by atoms with Gasteiger partial charge in [-0.05, 0) is 49.4 Å². The Hall–Kier alpha value is -3.32. The number of methoxy groups -OCH3 is 1. The van der Waals surface area contributed by atoms with Crippen LogP contribution < -0.4 is 9.64 Å². The van der Waals surface area contributed by atoms with Gasteiger partial charge in [0.15, 0.2) is 5.78 Å². The fourth-order valence-electron chi connectivity index (χ4n) is 4.11. The lowest BCUT2D eigenvalue weighted by Gasteiger charge is -2.38. The number of hydrogen-bond acceptors (Lipinski definition) is 5. The van der Waals surface area contributed by atoms with E-state index in [-0.39, 0.29) is 5.78 Å². The van der Waals surface area contributed by atoms with Crippen LogP contribution in [0.4, 0.5) is 5.69 Å². The smallest absolute Gasteiger partial charge is 0.325 e. The molecule has 1 aliphatic rings. The number of nitrogens with one attached hydrogen (secondary N) is 1. The van der Waals surface area contributed by atoms with Gasteiger partial charge in [-0.2, -0.15) is 0 Å². The van der Waals surface area contributed by atoms with E-state index >= 15 is 0 Å². The van der Waals surface area contributed by atoms with Gasteiger partial charge in [0.25, 0.3) is 0 Å². The molecule has 1 atom stereocenters. The number of H-pyrrole nitrogens is 1. The van der Waals surface area contributed by atoms with Crippen molar-refractivity contribution < 1.29 is 19.4 Å². The quantitative estimate of drug-likeness (QED) is 0.610. The Balaban J connectivity index is 1.53. The predicted octanol–water partition coefficient (Wildman–Crippen LogP) is 3.33. The number of carbonyl (C=O) groups excluding carboxylic acids is 1. The van der Waals surface area contributed by atoms with E-state index < -0.39 is 12.0 Å². The predicted molar refractivity (Wildman–Crippen MR) is 115 cm³/mol. The van der Waals surface area contributed by atoms with E-state index in [1.54, 1.807) is 20.2 Å². The number of hydrogen-bond donors (Lipinski definition) is 2. The number of Topliss-reactive ketones (excluding diaryl/α,β-unsaturated/α-hetero) is 1. The molecule has 7 nitrogen and oxygen atoms in total. The Morgan fingerprint density at radius 3 is 2.37 bits per heavy atom. The van der Waals surface area contributed by atoms with Crippen molar-refractivity contribution in [1.82, 2.24) is 9.88 Å². The van der Waals surface area contributed by atoms with Gasteiger partial charge in [0, 0.05) is 60.1 Å². The number of carboxylic acid groups (broad SMARTS) is 1. The highest BCUT2D eigenvalue weighted by Crippen LogP contribution is 2.32. The van der Waals surface area contributed by atoms with Crippen molar-refractivity contribution in [2.75, 3.05) is 38.2 Å². The van der Waals surface area contributed by atoms with Gasteiger partial charge in [-0.25, -0.2) is 0 Å². The van der Waals surface area contributed by atoms with Crippen molar-refractivity contribution >= 4 is 28.3 Å². The summed E-state index contributed by atoms with van der Waals surface area (Å²) >= 11 is 0. The number of ether oxygens (including phenoxy) is 1. The third-order valence-corrected chi connectivity index (χ3v) is 5.77. The first-order chi connectivity index (χ1) is 14.5. The summed E-state index contributed by atoms with van der Waals surface area (Å²) in [6.45, 7) is 4.24. The van der Waals surface area contributed by atoms with Crippen molar-refractivity contribution in [3.63, 3.8) is 0 Å². The molecular weight excluding hydrogens is 382 g/mol. The van der Waals surface area contributed by atoms with Crippen LogP contribution in [0.5, 0.6) is 5.75 Å². The third kappa shape index (κ3) is 3.76. The number of aromatic amines is 1. The Morgan fingerprint density at radius 2 is 1.77 bits per heavy atom. The summed E-state index contributed by atoms with van der Waals surface area (Å²) in [5, 5.41) is 10.9. The molecule has 0 unspecified atom stereocenters. The molecule has 1 saturated heterocycles. The van der Waals surface area contributed by atoms with Crippen molar-refractivity contribution in [3.8, 4) is 5.75 Å². The average Bonchev–Trinajstić information content (AvgIpc) is 3.17. The third-order valence-electron chi connectivity index (χ3n) is 5.77. The molecule has 2 heterocycles. The molecule has 156 valence electrons. The van der Waals surface area contributed by atoms with E-state index in [0.717, 1.165) is 35.2 Å². The first-order valence-electron chi connectivity index (χ1n) is 9.96. The summed E-state index contributed by atoms with van der Waals surface area (Å²) in [5.41, 5.74) is 3.37. The summed E-state index contributed by atoms with van der Waals surface area (Å²) in [6.07, 6.45) is 1.79. The van der Waals surface area contributed by atoms with Crippen LogP contribution >= 0.6 is 0 Å². The zero-order valence-electron chi connectivity index (χ0n) is 17.1. The van der Waals surface area contributed by atoms with Crippen molar-refractivity contribution in [1.29, 1.82) is 0 Å². The molecule has 30 heavy (non-hydrogen) atoms. The van der Waals surface area contributed by atoms with E-state index in [2.05, 4.69) is 9.88 Å². The van der Waals surface area contributed by atoms with Crippen LogP contribution in [0.1, 0.15) is 28.9 Å². The molecular formula is C23H25N3O4. The zero-order valence-corrected chi connectivity index (χ0v) is 17.1. The van der Waals surface area contributed by atoms with Crippen molar-refractivity contribution in [2.45, 2.75) is 13.0 Å². The first-order valence-corrected chi connectivity index (χ1v) is 9.96. The number of nitrogens with zero attached hydrogens (tertiary/aromatic N) is 2. The monoisotopic (exact) mass is 407 g/mol. The van der Waals surface area contributed by atoms with Gasteiger partial charge >= 0.3 is 5.97 Å². The molecule has 1 fully saturated rings. The summed E-state index contributed by atoms with van der Waals surface area (Å²) in [4.78, 5) is 31.1. The maximum Gasteiger partial charge on any atom is 0.325 e. The normalized spacial score (nSPS) is 15.9. The minimum Gasteiger partial charge on any atom is -0.497 e. The molecule has 0 spiro atoms. The Labute approximate surface area is 174 Å². The van der Waals surface area contributed by atoms with Crippen LogP contribution in [-0.4, -0.2) is 60.0 Å². The van der Waals surface area contributed by atoms with Crippen LogP contribution in [0, 0.1) is 0 Å². The second kappa shape index (κ2) is 8.20. The maximum atomic E-state index is 12.2. The molecule has 1 aromatic heterocycles. The van der Waals surface area contributed by atoms with E-state index in [9.17, 15) is 14.7 Å². The molecule has 1 aliphatic heterocycles. The molecule has 2 N–H and O–H groups in total. The van der Waals surface area contributed by atoms with E-state index in [1.165, 1.54) is 0 Å². The number of piperazine rings is 1. The van der Waals surface area contributed by atoms with Crippen molar-refractivity contribution in [2.24, 2.45) is 0 Å². The van der Waals surface area contributed by atoms with E-state index in [0.29, 0.717) is 24.4 Å². The van der Waals surface area contributed by atoms with Gasteiger partial charge in [-0.1, -0.05) is 0 Å². The molecule has 0 bridgehead atoms. The summed E-state index contributed by atoms with van der Waals surface area (Å²) < 4.78 is 5.32. The van der Waals surface area contributed by atoms with Gasteiger partial charge in [-0.3, -0.25) is 14.5 Å². The SMILES string of the molecule is COc1ccc2[nH]cc([C@H](C(=O)O)N3CCN(c4ccc(C(C)=O)cc4)CC3)c2c1. The molecule has 4 rings (SSSR count). The molecule has 0 saturated carbocycles. The minimum atomic E-state index is -0.863. The average molecular weight is 407 g/mol. The highest BCUT2D eigenvalue weighted by atomic mass is 16.5. The molecule has 0 aliphatic carbocycles. The fraction of sp³-hybridized carbons (Fsp3) is 0.304. The summed E-state index contributed by atoms with van der Waals surface area (Å²) in [6, 6.07) is 12.5. The number of carboxylic acids is 1. The second-order valence-corrected chi connectivity index (χ2v) is 7.52. The summed E-state index contributed by atoms with van der Waals surface area (Å²) in [5.74, 6) is -0.115. The number of anilines is 1. The molecule has 0 radical (unpaired) electrons. The second-order valence-electron chi connectivity index (χ2n) is 7.52. The number of fused-ring (bicyclic) bond motifs is 1. The number of carbonyl (C=O) groups is 2. The highest BCUT2D eigenvalue weighted by Gasteiger charge is 2.32. The Kier molecular flexibility index (Phi) is 5.46. The zero-order chi connectivity index (χ0) is 21.3. The number of benzene rings is 2. The van der Waals surface area contributed by atoms with E-state index in [4.69, 9.17) is 4.74 Å². The van der Waals surface area contributed by atoms with Crippen LogP contribution in [0.2, 0.25) is 0 Å². The fourth-order valence-corrected chi connectivity index (χ4v) is 4.11. The van der Waals surface area contributed by atoms with Gasteiger partial charge in [0.05, 0.1) is 7.11 Å². The largest absolute Gasteiger partial charge is 0.497 e. The lowest BCUT2D eigenvalue weighted by atomic mass is 10.0. The lowest BCUT2D eigenvalue weighted by Crippen LogP contribution is -2.49. The van der Waals surface area contributed by atoms with Crippen molar-refractivity contribution in [3.05, 3.63) is 59.8 Å². The van der Waals surface area contributed by atoms with Crippen LogP contribution in [0.15, 0.2) is 48.7 Å². The Bertz CT molecular complexity index is 1070.